The van der Waals surface area contributed by atoms with Gasteiger partial charge in [-0.15, -0.1) is 0 Å². The van der Waals surface area contributed by atoms with E-state index in [9.17, 15) is 4.79 Å². The highest BCUT2D eigenvalue weighted by Gasteiger charge is 2.78. The molecule has 5 aliphatic carbocycles. The zero-order chi connectivity index (χ0) is 29.3. The standard InChI is InChI=1S/C40H39O3S/c41-38(43-39-24-30-22-29-23-31(25-39)40(29,30)26-39)21-28-13-20-37(28)27-11-14-32(15-12-27)42-33-16-18-36(19-17-33)44(34-7-3-1-4-8-34)35-9-5-2-6-10-35/h1-12,14-19,28-31,37H,13,20-26H2/q+1. The predicted molar refractivity (Wildman–Crippen MR) is 173 cm³/mol. The average Bonchev–Trinajstić information content (AvgIpc) is 3.50. The lowest BCUT2D eigenvalue weighted by Gasteiger charge is -2.66. The van der Waals surface area contributed by atoms with Crippen LogP contribution in [-0.2, 0) is 20.4 Å². The first-order valence-electron chi connectivity index (χ1n) is 16.5. The van der Waals surface area contributed by atoms with E-state index in [1.165, 1.54) is 39.5 Å². The van der Waals surface area contributed by atoms with Crippen molar-refractivity contribution < 1.29 is 14.3 Å². The number of carbonyl (C=O) groups is 1. The Morgan fingerprint density at radius 1 is 0.682 bits per heavy atom. The molecular weight excluding hydrogens is 561 g/mol. The topological polar surface area (TPSA) is 35.5 Å². The first kappa shape index (κ1) is 26.9. The monoisotopic (exact) mass is 599 g/mol. The van der Waals surface area contributed by atoms with Gasteiger partial charge in [-0.05, 0) is 146 Å². The third-order valence-electron chi connectivity index (χ3n) is 12.0. The zero-order valence-corrected chi connectivity index (χ0v) is 25.9. The highest BCUT2D eigenvalue weighted by molar-refractivity contribution is 7.97. The van der Waals surface area contributed by atoms with Gasteiger partial charge in [0, 0.05) is 6.42 Å². The molecule has 0 aliphatic heterocycles. The summed E-state index contributed by atoms with van der Waals surface area (Å²) in [6.45, 7) is 0. The van der Waals surface area contributed by atoms with E-state index >= 15 is 0 Å². The number of hydrogen-bond donors (Lipinski definition) is 0. The van der Waals surface area contributed by atoms with Crippen molar-refractivity contribution in [1.82, 2.24) is 0 Å². The largest absolute Gasteiger partial charge is 0.459 e. The van der Waals surface area contributed by atoms with Gasteiger partial charge in [0.05, 0.1) is 10.9 Å². The Balaban J connectivity index is 0.832. The molecule has 4 aromatic carbocycles. The van der Waals surface area contributed by atoms with Gasteiger partial charge in [-0.1, -0.05) is 48.5 Å². The summed E-state index contributed by atoms with van der Waals surface area (Å²) in [5, 5.41) is 0. The molecule has 222 valence electrons. The van der Waals surface area contributed by atoms with Gasteiger partial charge in [-0.25, -0.2) is 0 Å². The quantitative estimate of drug-likeness (QED) is 0.142. The second kappa shape index (κ2) is 10.3. The van der Waals surface area contributed by atoms with E-state index in [-0.39, 0.29) is 22.5 Å². The third-order valence-corrected chi connectivity index (χ3v) is 14.3. The molecule has 0 saturated heterocycles. The minimum absolute atomic E-state index is 0.0565. The van der Waals surface area contributed by atoms with Crippen molar-refractivity contribution in [2.24, 2.45) is 29.1 Å². The van der Waals surface area contributed by atoms with E-state index in [0.29, 0.717) is 23.7 Å². The number of fused-ring (bicyclic) bond motifs is 1. The van der Waals surface area contributed by atoms with Gasteiger partial charge < -0.3 is 9.47 Å². The fourth-order valence-electron chi connectivity index (χ4n) is 9.96. The summed E-state index contributed by atoms with van der Waals surface area (Å²) in [5.41, 5.74) is 1.79. The molecule has 2 bridgehead atoms. The van der Waals surface area contributed by atoms with E-state index in [1.807, 2.05) is 0 Å². The minimum atomic E-state index is -0.172. The van der Waals surface area contributed by atoms with Crippen molar-refractivity contribution in [2.45, 2.75) is 77.6 Å². The number of carbonyl (C=O) groups excluding carboxylic acids is 1. The van der Waals surface area contributed by atoms with Crippen LogP contribution < -0.4 is 4.74 Å². The van der Waals surface area contributed by atoms with Crippen LogP contribution in [0.25, 0.3) is 0 Å². The molecule has 4 heteroatoms. The molecule has 9 rings (SSSR count). The van der Waals surface area contributed by atoms with Crippen molar-refractivity contribution in [2.75, 3.05) is 0 Å². The normalized spacial score (nSPS) is 32.2. The lowest BCUT2D eigenvalue weighted by molar-refractivity contribution is -0.186. The second-order valence-electron chi connectivity index (χ2n) is 14.1. The number of rotatable bonds is 9. The van der Waals surface area contributed by atoms with E-state index in [2.05, 4.69) is 109 Å². The molecule has 3 nitrogen and oxygen atoms in total. The van der Waals surface area contributed by atoms with Gasteiger partial charge >= 0.3 is 5.97 Å². The maximum Gasteiger partial charge on any atom is 0.306 e. The third kappa shape index (κ3) is 4.28. The summed E-state index contributed by atoms with van der Waals surface area (Å²) in [5.74, 6) is 5.21. The fourth-order valence-corrected chi connectivity index (χ4v) is 12.0. The van der Waals surface area contributed by atoms with Crippen LogP contribution in [0.15, 0.2) is 124 Å². The van der Waals surface area contributed by atoms with Crippen molar-refractivity contribution in [1.29, 1.82) is 0 Å². The van der Waals surface area contributed by atoms with Gasteiger partial charge in [0.15, 0.2) is 14.7 Å². The molecule has 44 heavy (non-hydrogen) atoms. The molecule has 5 fully saturated rings. The SMILES string of the molecule is O=C(CC1CCC1c1ccc(Oc2ccc([S+](c3ccccc3)c3ccccc3)cc2)cc1)OC12CC3CC4CC(C1)C43C2. The van der Waals surface area contributed by atoms with Crippen LogP contribution in [0.5, 0.6) is 11.5 Å². The summed E-state index contributed by atoms with van der Waals surface area (Å²) in [4.78, 5) is 17.0. The predicted octanol–water partition coefficient (Wildman–Crippen LogP) is 9.58. The van der Waals surface area contributed by atoms with Crippen LogP contribution in [0, 0.1) is 29.1 Å². The van der Waals surface area contributed by atoms with Crippen molar-refractivity contribution in [3.8, 4) is 11.5 Å². The smallest absolute Gasteiger partial charge is 0.306 e. The van der Waals surface area contributed by atoms with Crippen molar-refractivity contribution in [3.63, 3.8) is 0 Å². The van der Waals surface area contributed by atoms with Crippen LogP contribution in [-0.4, -0.2) is 11.6 Å². The number of benzene rings is 4. The molecule has 5 aliphatic rings. The number of hydrogen-bond acceptors (Lipinski definition) is 3. The van der Waals surface area contributed by atoms with Gasteiger partial charge in [-0.2, -0.15) is 0 Å². The molecule has 5 saturated carbocycles. The zero-order valence-electron chi connectivity index (χ0n) is 25.1. The maximum absolute atomic E-state index is 13.2. The second-order valence-corrected chi connectivity index (χ2v) is 16.2. The molecule has 4 aromatic rings. The number of esters is 1. The van der Waals surface area contributed by atoms with Gasteiger partial charge in [0.2, 0.25) is 0 Å². The maximum atomic E-state index is 13.2. The summed E-state index contributed by atoms with van der Waals surface area (Å²) in [7, 11) is -0.172. The highest BCUT2D eigenvalue weighted by Crippen LogP contribution is 2.82. The highest BCUT2D eigenvalue weighted by atomic mass is 32.2. The van der Waals surface area contributed by atoms with Crippen LogP contribution in [0.3, 0.4) is 0 Å². The van der Waals surface area contributed by atoms with Crippen molar-refractivity contribution >= 4 is 16.9 Å². The molecule has 0 radical (unpaired) electrons. The lowest BCUT2D eigenvalue weighted by Crippen LogP contribution is -2.59. The van der Waals surface area contributed by atoms with E-state index in [1.54, 1.807) is 0 Å². The Morgan fingerprint density at radius 3 is 1.77 bits per heavy atom. The summed E-state index contributed by atoms with van der Waals surface area (Å²) < 4.78 is 12.6. The van der Waals surface area contributed by atoms with E-state index in [4.69, 9.17) is 9.47 Å². The van der Waals surface area contributed by atoms with Crippen LogP contribution in [0.1, 0.15) is 62.8 Å². The Morgan fingerprint density at radius 2 is 1.25 bits per heavy atom. The van der Waals surface area contributed by atoms with Crippen molar-refractivity contribution in [3.05, 3.63) is 115 Å². The Bertz CT molecular complexity index is 1610. The first-order chi connectivity index (χ1) is 21.6. The molecular formula is C40H39O3S+. The Labute approximate surface area is 263 Å². The molecule has 4 atom stereocenters. The molecule has 1 spiro atoms. The summed E-state index contributed by atoms with van der Waals surface area (Å²) >= 11 is 0. The number of ether oxygens (including phenoxy) is 2. The van der Waals surface area contributed by atoms with Gasteiger partial charge in [-0.3, -0.25) is 4.79 Å². The molecule has 0 N–H and O–H groups in total. The lowest BCUT2D eigenvalue weighted by atomic mass is 9.38. The van der Waals surface area contributed by atoms with Crippen LogP contribution >= 0.6 is 0 Å². The summed E-state index contributed by atoms with van der Waals surface area (Å²) in [6, 6.07) is 38.5. The molecule has 0 aromatic heterocycles. The molecule has 4 unspecified atom stereocenters. The van der Waals surface area contributed by atoms with Crippen LogP contribution in [0.4, 0.5) is 0 Å². The first-order valence-corrected chi connectivity index (χ1v) is 17.8. The molecule has 0 amide bonds. The van der Waals surface area contributed by atoms with Gasteiger partial charge in [0.25, 0.3) is 0 Å². The van der Waals surface area contributed by atoms with Gasteiger partial charge in [0.1, 0.15) is 17.1 Å². The Hall–Kier alpha value is -3.50. The molecule has 0 heterocycles. The summed E-state index contributed by atoms with van der Waals surface area (Å²) in [6.07, 6.45) is 9.08. The van der Waals surface area contributed by atoms with E-state index in [0.717, 1.165) is 54.9 Å². The Kier molecular flexibility index (Phi) is 6.27. The average molecular weight is 600 g/mol. The van der Waals surface area contributed by atoms with Crippen LogP contribution in [0.2, 0.25) is 0 Å². The fraction of sp³-hybridized carbons (Fsp3) is 0.375. The van der Waals surface area contributed by atoms with E-state index < -0.39 is 0 Å². The minimum Gasteiger partial charge on any atom is -0.459 e.